The standard InChI is InChI=1S/C13H17N/c1-4-7-12(3)14-10-13-9-6-5-8-11(13)2/h4-10,12H,1-3H3. The van der Waals surface area contributed by atoms with Crippen molar-refractivity contribution in [3.8, 4) is 0 Å². The van der Waals surface area contributed by atoms with Crippen LogP contribution in [0.2, 0.25) is 0 Å². The van der Waals surface area contributed by atoms with Gasteiger partial charge < -0.3 is 0 Å². The minimum atomic E-state index is 0.264. The van der Waals surface area contributed by atoms with E-state index in [2.05, 4.69) is 37.0 Å². The van der Waals surface area contributed by atoms with Crippen molar-refractivity contribution in [2.45, 2.75) is 26.8 Å². The molecule has 14 heavy (non-hydrogen) atoms. The topological polar surface area (TPSA) is 12.4 Å². The van der Waals surface area contributed by atoms with Crippen molar-refractivity contribution in [1.29, 1.82) is 0 Å². The first kappa shape index (κ1) is 10.7. The normalized spacial score (nSPS) is 13.9. The molecule has 0 aromatic heterocycles. The van der Waals surface area contributed by atoms with Gasteiger partial charge in [0.05, 0.1) is 6.04 Å². The van der Waals surface area contributed by atoms with Gasteiger partial charge in [0.15, 0.2) is 0 Å². The van der Waals surface area contributed by atoms with Crippen molar-refractivity contribution in [1.82, 2.24) is 0 Å². The maximum Gasteiger partial charge on any atom is 0.0651 e. The zero-order chi connectivity index (χ0) is 10.4. The van der Waals surface area contributed by atoms with Gasteiger partial charge in [-0.15, -0.1) is 0 Å². The lowest BCUT2D eigenvalue weighted by molar-refractivity contribution is 0.930. The Balaban J connectivity index is 2.73. The summed E-state index contributed by atoms with van der Waals surface area (Å²) in [5, 5.41) is 0. The summed E-state index contributed by atoms with van der Waals surface area (Å²) in [7, 11) is 0. The Bertz CT molecular complexity index is 337. The molecule has 1 atom stereocenters. The fourth-order valence-corrected chi connectivity index (χ4v) is 1.26. The average Bonchev–Trinajstić information content (AvgIpc) is 2.17. The second kappa shape index (κ2) is 5.38. The summed E-state index contributed by atoms with van der Waals surface area (Å²) in [6.45, 7) is 6.19. The summed E-state index contributed by atoms with van der Waals surface area (Å²) in [4.78, 5) is 4.43. The lowest BCUT2D eigenvalue weighted by Gasteiger charge is -2.00. The fourth-order valence-electron chi connectivity index (χ4n) is 1.26. The third-order valence-electron chi connectivity index (χ3n) is 2.11. The fraction of sp³-hybridized carbons (Fsp3) is 0.308. The van der Waals surface area contributed by atoms with Crippen LogP contribution in [0.15, 0.2) is 41.4 Å². The maximum absolute atomic E-state index is 4.43. The maximum atomic E-state index is 4.43. The predicted octanol–water partition coefficient (Wildman–Crippen LogP) is 3.38. The van der Waals surface area contributed by atoms with Crippen molar-refractivity contribution in [2.75, 3.05) is 0 Å². The minimum Gasteiger partial charge on any atom is -0.285 e. The molecule has 0 spiro atoms. The largest absolute Gasteiger partial charge is 0.285 e. The Kier molecular flexibility index (Phi) is 4.11. The monoisotopic (exact) mass is 187 g/mol. The van der Waals surface area contributed by atoms with E-state index < -0.39 is 0 Å². The van der Waals surface area contributed by atoms with Crippen LogP contribution in [0, 0.1) is 6.92 Å². The van der Waals surface area contributed by atoms with Crippen molar-refractivity contribution in [3.05, 3.63) is 47.5 Å². The molecular weight excluding hydrogens is 170 g/mol. The van der Waals surface area contributed by atoms with E-state index in [4.69, 9.17) is 0 Å². The molecule has 0 amide bonds. The van der Waals surface area contributed by atoms with E-state index in [0.29, 0.717) is 0 Å². The van der Waals surface area contributed by atoms with Gasteiger partial charge in [0.2, 0.25) is 0 Å². The number of rotatable bonds is 3. The first-order valence-electron chi connectivity index (χ1n) is 4.95. The highest BCUT2D eigenvalue weighted by Crippen LogP contribution is 2.04. The van der Waals surface area contributed by atoms with Gasteiger partial charge in [-0.25, -0.2) is 0 Å². The van der Waals surface area contributed by atoms with Crippen LogP contribution in [0.3, 0.4) is 0 Å². The minimum absolute atomic E-state index is 0.264. The summed E-state index contributed by atoms with van der Waals surface area (Å²) in [5.41, 5.74) is 2.47. The second-order valence-corrected chi connectivity index (χ2v) is 3.40. The van der Waals surface area contributed by atoms with E-state index in [1.54, 1.807) is 0 Å². The van der Waals surface area contributed by atoms with E-state index in [0.717, 1.165) is 0 Å². The summed E-state index contributed by atoms with van der Waals surface area (Å²) in [6.07, 6.45) is 6.05. The molecule has 0 radical (unpaired) electrons. The molecule has 0 N–H and O–H groups in total. The van der Waals surface area contributed by atoms with Crippen molar-refractivity contribution >= 4 is 6.21 Å². The van der Waals surface area contributed by atoms with Crippen molar-refractivity contribution < 1.29 is 0 Å². The number of allylic oxidation sites excluding steroid dienone is 1. The molecule has 0 saturated heterocycles. The molecule has 0 aliphatic rings. The van der Waals surface area contributed by atoms with E-state index in [-0.39, 0.29) is 6.04 Å². The van der Waals surface area contributed by atoms with Gasteiger partial charge in [0.25, 0.3) is 0 Å². The number of hydrogen-bond acceptors (Lipinski definition) is 1. The zero-order valence-electron chi connectivity index (χ0n) is 9.07. The van der Waals surface area contributed by atoms with E-state index in [1.807, 2.05) is 31.3 Å². The van der Waals surface area contributed by atoms with Gasteiger partial charge in [0, 0.05) is 6.21 Å². The lowest BCUT2D eigenvalue weighted by atomic mass is 10.1. The molecule has 1 nitrogen and oxygen atoms in total. The predicted molar refractivity (Wildman–Crippen MR) is 63.0 cm³/mol. The molecule has 0 heterocycles. The third kappa shape index (κ3) is 3.17. The Morgan fingerprint density at radius 3 is 2.64 bits per heavy atom. The number of nitrogens with zero attached hydrogens (tertiary/aromatic N) is 1. The van der Waals surface area contributed by atoms with Crippen LogP contribution >= 0.6 is 0 Å². The smallest absolute Gasteiger partial charge is 0.0651 e. The Hall–Kier alpha value is -1.37. The summed E-state index contributed by atoms with van der Waals surface area (Å²) in [5.74, 6) is 0. The van der Waals surface area contributed by atoms with Crippen LogP contribution in [0.4, 0.5) is 0 Å². The molecule has 1 aromatic rings. The molecule has 1 rings (SSSR count). The molecular formula is C13H17N. The van der Waals surface area contributed by atoms with Gasteiger partial charge >= 0.3 is 0 Å². The Morgan fingerprint density at radius 2 is 2.00 bits per heavy atom. The first-order valence-corrected chi connectivity index (χ1v) is 4.95. The molecule has 0 saturated carbocycles. The van der Waals surface area contributed by atoms with Crippen LogP contribution < -0.4 is 0 Å². The van der Waals surface area contributed by atoms with Gasteiger partial charge in [-0.1, -0.05) is 36.4 Å². The number of benzene rings is 1. The van der Waals surface area contributed by atoms with Crippen LogP contribution in [0.1, 0.15) is 25.0 Å². The Labute approximate surface area is 86.2 Å². The number of hydrogen-bond donors (Lipinski definition) is 0. The molecule has 1 aromatic carbocycles. The summed E-state index contributed by atoms with van der Waals surface area (Å²) < 4.78 is 0. The number of aliphatic imine (C=N–C) groups is 1. The summed E-state index contributed by atoms with van der Waals surface area (Å²) in [6, 6.07) is 8.53. The van der Waals surface area contributed by atoms with E-state index in [1.165, 1.54) is 11.1 Å². The van der Waals surface area contributed by atoms with Gasteiger partial charge in [-0.05, 0) is 31.9 Å². The van der Waals surface area contributed by atoms with Crippen LogP contribution in [0.25, 0.3) is 0 Å². The van der Waals surface area contributed by atoms with E-state index >= 15 is 0 Å². The van der Waals surface area contributed by atoms with Crippen LogP contribution in [-0.2, 0) is 0 Å². The Morgan fingerprint density at radius 1 is 1.29 bits per heavy atom. The SMILES string of the molecule is CC=CC(C)N=Cc1ccccc1C. The zero-order valence-corrected chi connectivity index (χ0v) is 9.07. The molecule has 0 bridgehead atoms. The second-order valence-electron chi connectivity index (χ2n) is 3.40. The van der Waals surface area contributed by atoms with Gasteiger partial charge in [-0.3, -0.25) is 4.99 Å². The quantitative estimate of drug-likeness (QED) is 0.508. The third-order valence-corrected chi connectivity index (χ3v) is 2.11. The molecule has 0 aliphatic heterocycles. The molecule has 1 heteroatoms. The van der Waals surface area contributed by atoms with Crippen molar-refractivity contribution in [3.63, 3.8) is 0 Å². The first-order chi connectivity index (χ1) is 6.74. The van der Waals surface area contributed by atoms with Crippen molar-refractivity contribution in [2.24, 2.45) is 4.99 Å². The molecule has 74 valence electrons. The molecule has 1 unspecified atom stereocenters. The highest BCUT2D eigenvalue weighted by molar-refractivity contribution is 5.81. The highest BCUT2D eigenvalue weighted by atomic mass is 14.7. The van der Waals surface area contributed by atoms with Crippen LogP contribution in [0.5, 0.6) is 0 Å². The highest BCUT2D eigenvalue weighted by Gasteiger charge is 1.93. The van der Waals surface area contributed by atoms with E-state index in [9.17, 15) is 0 Å². The number of aryl methyl sites for hydroxylation is 1. The molecule has 0 fully saturated rings. The lowest BCUT2D eigenvalue weighted by Crippen LogP contribution is -1.94. The summed E-state index contributed by atoms with van der Waals surface area (Å²) >= 11 is 0. The average molecular weight is 187 g/mol. The van der Waals surface area contributed by atoms with Gasteiger partial charge in [0.1, 0.15) is 0 Å². The van der Waals surface area contributed by atoms with Gasteiger partial charge in [-0.2, -0.15) is 0 Å². The van der Waals surface area contributed by atoms with Crippen LogP contribution in [-0.4, -0.2) is 12.3 Å². The molecule has 0 aliphatic carbocycles.